The number of pyridine rings is 1. The van der Waals surface area contributed by atoms with Crippen LogP contribution < -0.4 is 14.5 Å². The van der Waals surface area contributed by atoms with Crippen LogP contribution in [0.5, 0.6) is 11.6 Å². The van der Waals surface area contributed by atoms with Gasteiger partial charge in [-0.3, -0.25) is 4.57 Å². The smallest absolute Gasteiger partial charge is 0.306 e. The molecule has 3 aromatic carbocycles. The second kappa shape index (κ2) is 7.63. The summed E-state index contributed by atoms with van der Waals surface area (Å²) in [6.07, 6.45) is 5.02. The van der Waals surface area contributed by atoms with Crippen LogP contribution in [-0.4, -0.2) is 28.3 Å². The molecule has 6 aromatic rings. The fourth-order valence-corrected chi connectivity index (χ4v) is 4.89. The number of oxazole rings is 1. The number of fused-ring (bicyclic) bond motifs is 4. The number of ether oxygens (including phenoxy) is 1. The number of para-hydroxylation sites is 3. The molecular formula is C28H21N5O2. The summed E-state index contributed by atoms with van der Waals surface area (Å²) in [5, 5.41) is 2.23. The lowest BCUT2D eigenvalue weighted by molar-refractivity contribution is 0.463. The first-order chi connectivity index (χ1) is 17.3. The summed E-state index contributed by atoms with van der Waals surface area (Å²) in [5.41, 5.74) is 5.39. The molecule has 1 aliphatic heterocycles. The molecule has 0 N–H and O–H groups in total. The predicted molar refractivity (Wildman–Crippen MR) is 137 cm³/mol. The molecule has 0 spiro atoms. The van der Waals surface area contributed by atoms with E-state index in [1.807, 2.05) is 41.0 Å². The second-order valence-corrected chi connectivity index (χ2v) is 8.56. The van der Waals surface area contributed by atoms with Gasteiger partial charge in [-0.1, -0.05) is 30.3 Å². The summed E-state index contributed by atoms with van der Waals surface area (Å²) < 4.78 is 13.9. The topological polar surface area (TPSA) is 59.6 Å². The first-order valence-corrected chi connectivity index (χ1v) is 11.4. The molecule has 3 aromatic heterocycles. The van der Waals surface area contributed by atoms with Gasteiger partial charge in [-0.15, -0.1) is 0 Å². The van der Waals surface area contributed by atoms with Gasteiger partial charge in [-0.2, -0.15) is 0 Å². The SMILES string of the molecule is CN1CN(c2ccnc(Oc3ccc4c5ccccc5n(-c5ncco5)c4c3)c2)c2ccccc21. The summed E-state index contributed by atoms with van der Waals surface area (Å²) in [6.45, 7) is 0.769. The number of hydrogen-bond acceptors (Lipinski definition) is 6. The van der Waals surface area contributed by atoms with Crippen LogP contribution in [-0.2, 0) is 0 Å². The normalized spacial score (nSPS) is 13.1. The van der Waals surface area contributed by atoms with E-state index in [1.165, 1.54) is 11.4 Å². The summed E-state index contributed by atoms with van der Waals surface area (Å²) in [6, 6.07) is 27.2. The highest BCUT2D eigenvalue weighted by Crippen LogP contribution is 2.40. The molecule has 170 valence electrons. The molecule has 7 rings (SSSR count). The lowest BCUT2D eigenvalue weighted by atomic mass is 10.1. The maximum atomic E-state index is 6.25. The van der Waals surface area contributed by atoms with Gasteiger partial charge in [0.05, 0.1) is 35.3 Å². The zero-order chi connectivity index (χ0) is 23.4. The van der Waals surface area contributed by atoms with E-state index >= 15 is 0 Å². The second-order valence-electron chi connectivity index (χ2n) is 8.56. The van der Waals surface area contributed by atoms with Gasteiger partial charge in [-0.25, -0.2) is 9.97 Å². The van der Waals surface area contributed by atoms with Crippen LogP contribution in [0.4, 0.5) is 17.1 Å². The van der Waals surface area contributed by atoms with Crippen molar-refractivity contribution in [3.05, 3.63) is 97.5 Å². The Kier molecular flexibility index (Phi) is 4.29. The number of aromatic nitrogens is 3. The third kappa shape index (κ3) is 3.13. The van der Waals surface area contributed by atoms with Gasteiger partial charge in [0.2, 0.25) is 5.88 Å². The van der Waals surface area contributed by atoms with E-state index in [4.69, 9.17) is 9.15 Å². The maximum absolute atomic E-state index is 6.25. The van der Waals surface area contributed by atoms with Gasteiger partial charge in [0.15, 0.2) is 0 Å². The lowest BCUT2D eigenvalue weighted by Gasteiger charge is -2.19. The van der Waals surface area contributed by atoms with E-state index in [0.717, 1.165) is 34.2 Å². The molecule has 4 heterocycles. The largest absolute Gasteiger partial charge is 0.439 e. The highest BCUT2D eigenvalue weighted by molar-refractivity contribution is 6.09. The number of anilines is 3. The van der Waals surface area contributed by atoms with Crippen molar-refractivity contribution >= 4 is 38.9 Å². The molecule has 35 heavy (non-hydrogen) atoms. The number of hydrogen-bond donors (Lipinski definition) is 0. The van der Waals surface area contributed by atoms with Gasteiger partial charge < -0.3 is 19.0 Å². The number of rotatable bonds is 4. The fourth-order valence-electron chi connectivity index (χ4n) is 4.89. The van der Waals surface area contributed by atoms with Crippen LogP contribution in [0.15, 0.2) is 102 Å². The standard InChI is InChI=1S/C28H21N5O2/c1-31-18-32(25-9-5-4-8-24(25)31)19-12-13-29-27(16-19)35-20-10-11-22-21-6-2-3-7-23(21)33(26(22)17-20)28-30-14-15-34-28/h2-17H,18H2,1H3. The van der Waals surface area contributed by atoms with Gasteiger partial charge >= 0.3 is 6.01 Å². The molecule has 0 amide bonds. The van der Waals surface area contributed by atoms with Crippen LogP contribution in [0.3, 0.4) is 0 Å². The van der Waals surface area contributed by atoms with Gasteiger partial charge in [0, 0.05) is 41.8 Å². The first-order valence-electron chi connectivity index (χ1n) is 11.4. The van der Waals surface area contributed by atoms with Crippen molar-refractivity contribution in [2.24, 2.45) is 0 Å². The van der Waals surface area contributed by atoms with Crippen molar-refractivity contribution in [3.63, 3.8) is 0 Å². The zero-order valence-electron chi connectivity index (χ0n) is 19.0. The lowest BCUT2D eigenvalue weighted by Crippen LogP contribution is -2.23. The molecule has 0 radical (unpaired) electrons. The van der Waals surface area contributed by atoms with Crippen LogP contribution in [0.1, 0.15) is 0 Å². The Bertz CT molecular complexity index is 1690. The third-order valence-corrected chi connectivity index (χ3v) is 6.45. The summed E-state index contributed by atoms with van der Waals surface area (Å²) in [4.78, 5) is 13.3. The predicted octanol–water partition coefficient (Wildman–Crippen LogP) is 6.50. The molecule has 0 unspecified atom stereocenters. The van der Waals surface area contributed by atoms with Crippen LogP contribution in [0.2, 0.25) is 0 Å². The minimum absolute atomic E-state index is 0.519. The Labute approximate surface area is 201 Å². The van der Waals surface area contributed by atoms with E-state index in [9.17, 15) is 0 Å². The van der Waals surface area contributed by atoms with Gasteiger partial charge in [0.25, 0.3) is 0 Å². The van der Waals surface area contributed by atoms with Crippen molar-refractivity contribution in [2.45, 2.75) is 0 Å². The van der Waals surface area contributed by atoms with E-state index in [1.54, 1.807) is 18.7 Å². The van der Waals surface area contributed by atoms with Crippen molar-refractivity contribution in [3.8, 4) is 17.6 Å². The molecule has 0 saturated carbocycles. The Morgan fingerprint density at radius 2 is 1.63 bits per heavy atom. The molecule has 0 aliphatic carbocycles. The summed E-state index contributed by atoms with van der Waals surface area (Å²) in [5.74, 6) is 1.23. The molecule has 7 heteroatoms. The molecule has 0 saturated heterocycles. The summed E-state index contributed by atoms with van der Waals surface area (Å²) in [7, 11) is 2.10. The van der Waals surface area contributed by atoms with Crippen molar-refractivity contribution in [1.82, 2.24) is 14.5 Å². The van der Waals surface area contributed by atoms with Crippen molar-refractivity contribution < 1.29 is 9.15 Å². The minimum Gasteiger partial charge on any atom is -0.439 e. The minimum atomic E-state index is 0.519. The Morgan fingerprint density at radius 3 is 2.51 bits per heavy atom. The quantitative estimate of drug-likeness (QED) is 0.300. The Morgan fingerprint density at radius 1 is 0.800 bits per heavy atom. The zero-order valence-corrected chi connectivity index (χ0v) is 19.0. The maximum Gasteiger partial charge on any atom is 0.306 e. The molecular weight excluding hydrogens is 438 g/mol. The fraction of sp³-hybridized carbons (Fsp3) is 0.0714. The van der Waals surface area contributed by atoms with E-state index in [-0.39, 0.29) is 0 Å². The van der Waals surface area contributed by atoms with E-state index < -0.39 is 0 Å². The van der Waals surface area contributed by atoms with E-state index in [0.29, 0.717) is 17.6 Å². The summed E-state index contributed by atoms with van der Waals surface area (Å²) >= 11 is 0. The van der Waals surface area contributed by atoms with E-state index in [2.05, 4.69) is 69.3 Å². The Balaban J connectivity index is 1.28. The van der Waals surface area contributed by atoms with Crippen LogP contribution in [0, 0.1) is 0 Å². The highest BCUT2D eigenvalue weighted by atomic mass is 16.5. The Hall–Kier alpha value is -4.78. The molecule has 0 fully saturated rings. The first kappa shape index (κ1) is 19.7. The molecule has 7 nitrogen and oxygen atoms in total. The van der Waals surface area contributed by atoms with Crippen LogP contribution >= 0.6 is 0 Å². The monoisotopic (exact) mass is 459 g/mol. The average molecular weight is 460 g/mol. The van der Waals surface area contributed by atoms with Gasteiger partial charge in [-0.05, 0) is 36.4 Å². The van der Waals surface area contributed by atoms with Gasteiger partial charge in [0.1, 0.15) is 12.0 Å². The molecule has 0 bridgehead atoms. The molecule has 1 aliphatic rings. The molecule has 0 atom stereocenters. The number of nitrogens with zero attached hydrogens (tertiary/aromatic N) is 5. The van der Waals surface area contributed by atoms with Crippen LogP contribution in [0.25, 0.3) is 27.8 Å². The van der Waals surface area contributed by atoms with Crippen molar-refractivity contribution in [1.29, 1.82) is 0 Å². The van der Waals surface area contributed by atoms with Crippen molar-refractivity contribution in [2.75, 3.05) is 23.5 Å². The number of benzene rings is 3. The third-order valence-electron chi connectivity index (χ3n) is 6.45. The highest BCUT2D eigenvalue weighted by Gasteiger charge is 2.24. The average Bonchev–Trinajstić information content (AvgIpc) is 3.61.